The second kappa shape index (κ2) is 7.48. The molecule has 0 radical (unpaired) electrons. The first-order valence-electron chi connectivity index (χ1n) is 7.58. The number of carbonyl (C=O) groups is 1. The van der Waals surface area contributed by atoms with E-state index in [1.165, 1.54) is 0 Å². The third-order valence-electron chi connectivity index (χ3n) is 3.54. The average molecular weight is 339 g/mol. The molecule has 2 aromatic carbocycles. The Kier molecular flexibility index (Phi) is 4.94. The van der Waals surface area contributed by atoms with Crippen LogP contribution in [0, 0.1) is 0 Å². The largest absolute Gasteiger partial charge is 0.497 e. The number of carbonyl (C=O) groups excluding carboxylic acids is 1. The number of nitrogens with one attached hydrogen (secondary N) is 1. The van der Waals surface area contributed by atoms with E-state index in [0.717, 1.165) is 11.3 Å². The average Bonchev–Trinajstić information content (AvgIpc) is 3.15. The summed E-state index contributed by atoms with van der Waals surface area (Å²) in [5, 5.41) is 10.7. The van der Waals surface area contributed by atoms with Gasteiger partial charge in [0, 0.05) is 11.1 Å². The molecule has 0 bridgehead atoms. The SMILES string of the molecule is COc1ccc(-c2nnc(CNC(=O)c3cccc(OC)c3)o2)cc1. The fraction of sp³-hybridized carbons (Fsp3) is 0.167. The number of hydrogen-bond acceptors (Lipinski definition) is 6. The van der Waals surface area contributed by atoms with Crippen LogP contribution in [0.25, 0.3) is 11.5 Å². The molecule has 128 valence electrons. The first-order valence-corrected chi connectivity index (χ1v) is 7.58. The normalized spacial score (nSPS) is 10.3. The van der Waals surface area contributed by atoms with Gasteiger partial charge in [-0.05, 0) is 42.5 Å². The number of rotatable bonds is 6. The highest BCUT2D eigenvalue weighted by Crippen LogP contribution is 2.21. The standard InChI is InChI=1S/C18H17N3O4/c1-23-14-8-6-12(7-9-14)18-21-20-16(25-18)11-19-17(22)13-4-3-5-15(10-13)24-2/h3-10H,11H2,1-2H3,(H,19,22). The van der Waals surface area contributed by atoms with Crippen molar-refractivity contribution in [2.24, 2.45) is 0 Å². The van der Waals surface area contributed by atoms with Crippen molar-refractivity contribution in [3.63, 3.8) is 0 Å². The lowest BCUT2D eigenvalue weighted by atomic mass is 10.2. The molecule has 3 rings (SSSR count). The summed E-state index contributed by atoms with van der Waals surface area (Å²) in [5.41, 5.74) is 1.27. The van der Waals surface area contributed by atoms with Crippen molar-refractivity contribution in [3.8, 4) is 23.0 Å². The van der Waals surface area contributed by atoms with E-state index in [1.54, 1.807) is 38.5 Å². The van der Waals surface area contributed by atoms with Gasteiger partial charge in [-0.25, -0.2) is 0 Å². The van der Waals surface area contributed by atoms with Crippen molar-refractivity contribution < 1.29 is 18.7 Å². The highest BCUT2D eigenvalue weighted by Gasteiger charge is 2.11. The first-order chi connectivity index (χ1) is 12.2. The maximum absolute atomic E-state index is 12.2. The van der Waals surface area contributed by atoms with E-state index in [-0.39, 0.29) is 12.5 Å². The monoisotopic (exact) mass is 339 g/mol. The molecule has 1 aromatic heterocycles. The van der Waals surface area contributed by atoms with Gasteiger partial charge in [0.2, 0.25) is 11.8 Å². The molecule has 0 saturated carbocycles. The summed E-state index contributed by atoms with van der Waals surface area (Å²) in [6.07, 6.45) is 0. The second-order valence-corrected chi connectivity index (χ2v) is 5.14. The van der Waals surface area contributed by atoms with Gasteiger partial charge in [-0.15, -0.1) is 10.2 Å². The molecular formula is C18H17N3O4. The number of nitrogens with zero attached hydrogens (tertiary/aromatic N) is 2. The summed E-state index contributed by atoms with van der Waals surface area (Å²) in [6, 6.07) is 14.2. The van der Waals surface area contributed by atoms with Crippen molar-refractivity contribution in [1.29, 1.82) is 0 Å². The Labute approximate surface area is 144 Å². The lowest BCUT2D eigenvalue weighted by Crippen LogP contribution is -2.22. The smallest absolute Gasteiger partial charge is 0.251 e. The highest BCUT2D eigenvalue weighted by molar-refractivity contribution is 5.94. The molecule has 0 atom stereocenters. The van der Waals surface area contributed by atoms with Crippen molar-refractivity contribution in [2.75, 3.05) is 14.2 Å². The Balaban J connectivity index is 1.63. The Morgan fingerprint density at radius 1 is 1.04 bits per heavy atom. The van der Waals surface area contributed by atoms with E-state index in [2.05, 4.69) is 15.5 Å². The number of benzene rings is 2. The number of methoxy groups -OCH3 is 2. The maximum Gasteiger partial charge on any atom is 0.251 e. The van der Waals surface area contributed by atoms with Crippen LogP contribution in [0.5, 0.6) is 11.5 Å². The molecule has 25 heavy (non-hydrogen) atoms. The van der Waals surface area contributed by atoms with Crippen LogP contribution in [0.4, 0.5) is 0 Å². The second-order valence-electron chi connectivity index (χ2n) is 5.14. The predicted octanol–water partition coefficient (Wildman–Crippen LogP) is 2.68. The Bertz CT molecular complexity index is 859. The molecule has 0 saturated heterocycles. The van der Waals surface area contributed by atoms with Gasteiger partial charge in [0.1, 0.15) is 11.5 Å². The molecule has 3 aromatic rings. The zero-order valence-electron chi connectivity index (χ0n) is 13.9. The van der Waals surface area contributed by atoms with E-state index in [0.29, 0.717) is 23.1 Å². The summed E-state index contributed by atoms with van der Waals surface area (Å²) in [6.45, 7) is 0.138. The lowest BCUT2D eigenvalue weighted by molar-refractivity contribution is 0.0947. The summed E-state index contributed by atoms with van der Waals surface area (Å²) < 4.78 is 15.8. The zero-order valence-corrected chi connectivity index (χ0v) is 13.9. The Morgan fingerprint density at radius 3 is 2.52 bits per heavy atom. The maximum atomic E-state index is 12.2. The van der Waals surface area contributed by atoms with Crippen LogP contribution in [0.3, 0.4) is 0 Å². The van der Waals surface area contributed by atoms with E-state index in [1.807, 2.05) is 24.3 Å². The van der Waals surface area contributed by atoms with Gasteiger partial charge < -0.3 is 19.2 Å². The number of aromatic nitrogens is 2. The molecular weight excluding hydrogens is 322 g/mol. The summed E-state index contributed by atoms with van der Waals surface area (Å²) in [5.74, 6) is 1.82. The van der Waals surface area contributed by atoms with Gasteiger partial charge in [-0.1, -0.05) is 6.07 Å². The van der Waals surface area contributed by atoms with Crippen LogP contribution in [0.2, 0.25) is 0 Å². The molecule has 0 spiro atoms. The molecule has 7 heteroatoms. The fourth-order valence-electron chi connectivity index (χ4n) is 2.20. The van der Waals surface area contributed by atoms with Gasteiger partial charge in [-0.2, -0.15) is 0 Å². The molecule has 7 nitrogen and oxygen atoms in total. The van der Waals surface area contributed by atoms with Crippen LogP contribution in [0.15, 0.2) is 52.9 Å². The predicted molar refractivity (Wildman–Crippen MR) is 90.5 cm³/mol. The molecule has 1 heterocycles. The summed E-state index contributed by atoms with van der Waals surface area (Å²) >= 11 is 0. The van der Waals surface area contributed by atoms with Crippen LogP contribution < -0.4 is 14.8 Å². The molecule has 0 aliphatic carbocycles. The van der Waals surface area contributed by atoms with Crippen molar-refractivity contribution >= 4 is 5.91 Å². The van der Waals surface area contributed by atoms with Crippen molar-refractivity contribution in [2.45, 2.75) is 6.54 Å². The molecule has 1 amide bonds. The Hall–Kier alpha value is -3.35. The fourth-order valence-corrected chi connectivity index (χ4v) is 2.20. The number of hydrogen-bond donors (Lipinski definition) is 1. The van der Waals surface area contributed by atoms with Gasteiger partial charge in [0.25, 0.3) is 5.91 Å². The third kappa shape index (κ3) is 3.95. The zero-order chi connectivity index (χ0) is 17.6. The quantitative estimate of drug-likeness (QED) is 0.743. The number of amides is 1. The van der Waals surface area contributed by atoms with E-state index >= 15 is 0 Å². The molecule has 0 aliphatic heterocycles. The minimum absolute atomic E-state index is 0.138. The van der Waals surface area contributed by atoms with Gasteiger partial charge in [0.15, 0.2) is 0 Å². The van der Waals surface area contributed by atoms with E-state index < -0.39 is 0 Å². The molecule has 0 aliphatic rings. The van der Waals surface area contributed by atoms with Crippen molar-refractivity contribution in [1.82, 2.24) is 15.5 Å². The third-order valence-corrected chi connectivity index (χ3v) is 3.54. The van der Waals surface area contributed by atoms with Gasteiger partial charge in [0.05, 0.1) is 20.8 Å². The van der Waals surface area contributed by atoms with Crippen LogP contribution in [-0.2, 0) is 6.54 Å². The Morgan fingerprint density at radius 2 is 1.80 bits per heavy atom. The van der Waals surface area contributed by atoms with E-state index in [9.17, 15) is 4.79 Å². The minimum atomic E-state index is -0.247. The minimum Gasteiger partial charge on any atom is -0.497 e. The number of ether oxygens (including phenoxy) is 2. The molecule has 1 N–H and O–H groups in total. The van der Waals surface area contributed by atoms with Gasteiger partial charge in [-0.3, -0.25) is 4.79 Å². The first kappa shape index (κ1) is 16.5. The van der Waals surface area contributed by atoms with E-state index in [4.69, 9.17) is 13.9 Å². The topological polar surface area (TPSA) is 86.5 Å². The summed E-state index contributed by atoms with van der Waals surface area (Å²) in [7, 11) is 3.15. The van der Waals surface area contributed by atoms with Crippen LogP contribution >= 0.6 is 0 Å². The van der Waals surface area contributed by atoms with Crippen LogP contribution in [-0.4, -0.2) is 30.3 Å². The van der Waals surface area contributed by atoms with Crippen LogP contribution in [0.1, 0.15) is 16.2 Å². The lowest BCUT2D eigenvalue weighted by Gasteiger charge is -2.04. The molecule has 0 fully saturated rings. The summed E-state index contributed by atoms with van der Waals surface area (Å²) in [4.78, 5) is 12.2. The van der Waals surface area contributed by atoms with Crippen molar-refractivity contribution in [3.05, 3.63) is 60.0 Å². The van der Waals surface area contributed by atoms with Gasteiger partial charge >= 0.3 is 0 Å². The molecule has 0 unspecified atom stereocenters. The highest BCUT2D eigenvalue weighted by atomic mass is 16.5.